The van der Waals surface area contributed by atoms with Gasteiger partial charge in [0.25, 0.3) is 5.91 Å². The average molecular weight is 284 g/mol. The Labute approximate surface area is 112 Å². The highest BCUT2D eigenvalue weighted by Gasteiger charge is 2.29. The third-order valence-electron chi connectivity index (χ3n) is 2.73. The predicted molar refractivity (Wildman–Crippen MR) is 65.7 cm³/mol. The molecule has 0 aliphatic heterocycles. The molecule has 0 aliphatic carbocycles. The van der Waals surface area contributed by atoms with E-state index in [0.717, 1.165) is 12.1 Å². The third kappa shape index (κ3) is 2.73. The van der Waals surface area contributed by atoms with Gasteiger partial charge in [0, 0.05) is 6.54 Å². The van der Waals surface area contributed by atoms with Crippen LogP contribution in [-0.4, -0.2) is 15.5 Å². The van der Waals surface area contributed by atoms with Gasteiger partial charge >= 0.3 is 6.18 Å². The van der Waals surface area contributed by atoms with Crippen molar-refractivity contribution in [2.75, 3.05) is 5.73 Å². The zero-order valence-corrected chi connectivity index (χ0v) is 10.2. The van der Waals surface area contributed by atoms with E-state index >= 15 is 0 Å². The molecule has 4 N–H and O–H groups in total. The van der Waals surface area contributed by atoms with E-state index in [-0.39, 0.29) is 18.1 Å². The molecule has 2 aromatic rings. The number of amides is 1. The lowest BCUT2D eigenvalue weighted by atomic mass is 10.1. The SMILES string of the molecule is NC(=O)c1c(N)ncn1Cc1ccc(C(F)(F)F)cc1. The van der Waals surface area contributed by atoms with Crippen molar-refractivity contribution in [2.24, 2.45) is 5.73 Å². The lowest BCUT2D eigenvalue weighted by Gasteiger charge is -2.09. The topological polar surface area (TPSA) is 86.9 Å². The van der Waals surface area contributed by atoms with Crippen LogP contribution in [0.15, 0.2) is 30.6 Å². The Morgan fingerprint density at radius 1 is 1.25 bits per heavy atom. The van der Waals surface area contributed by atoms with Crippen LogP contribution in [0, 0.1) is 0 Å². The molecule has 0 fully saturated rings. The minimum absolute atomic E-state index is 0.00980. The molecule has 20 heavy (non-hydrogen) atoms. The Balaban J connectivity index is 2.25. The molecular formula is C12H11F3N4O. The van der Waals surface area contributed by atoms with E-state index in [1.54, 1.807) is 0 Å². The van der Waals surface area contributed by atoms with Crippen molar-refractivity contribution in [3.8, 4) is 0 Å². The number of primary amides is 1. The summed E-state index contributed by atoms with van der Waals surface area (Å²) in [6.07, 6.45) is -3.07. The Bertz CT molecular complexity index is 631. The van der Waals surface area contributed by atoms with E-state index in [9.17, 15) is 18.0 Å². The van der Waals surface area contributed by atoms with E-state index in [4.69, 9.17) is 11.5 Å². The molecule has 0 saturated heterocycles. The van der Waals surface area contributed by atoms with E-state index in [0.29, 0.717) is 5.56 Å². The first-order valence-electron chi connectivity index (χ1n) is 5.55. The molecule has 0 aliphatic rings. The van der Waals surface area contributed by atoms with E-state index in [1.807, 2.05) is 0 Å². The largest absolute Gasteiger partial charge is 0.416 e. The number of nitrogens with two attached hydrogens (primary N) is 2. The van der Waals surface area contributed by atoms with E-state index in [1.165, 1.54) is 23.0 Å². The first-order chi connectivity index (χ1) is 9.29. The predicted octanol–water partition coefficient (Wildman–Crippen LogP) is 1.63. The third-order valence-corrected chi connectivity index (χ3v) is 2.73. The molecule has 1 aromatic heterocycles. The smallest absolute Gasteiger partial charge is 0.382 e. The lowest BCUT2D eigenvalue weighted by Crippen LogP contribution is -2.18. The molecule has 106 valence electrons. The molecular weight excluding hydrogens is 273 g/mol. The highest BCUT2D eigenvalue weighted by Crippen LogP contribution is 2.29. The number of carbonyl (C=O) groups excluding carboxylic acids is 1. The maximum Gasteiger partial charge on any atom is 0.416 e. The minimum Gasteiger partial charge on any atom is -0.382 e. The first-order valence-corrected chi connectivity index (χ1v) is 5.55. The van der Waals surface area contributed by atoms with Crippen LogP contribution >= 0.6 is 0 Å². The molecule has 0 unspecified atom stereocenters. The summed E-state index contributed by atoms with van der Waals surface area (Å²) in [6, 6.07) is 4.59. The summed E-state index contributed by atoms with van der Waals surface area (Å²) in [5.74, 6) is -0.753. The van der Waals surface area contributed by atoms with Crippen molar-refractivity contribution in [2.45, 2.75) is 12.7 Å². The van der Waals surface area contributed by atoms with Crippen LogP contribution in [0.3, 0.4) is 0 Å². The summed E-state index contributed by atoms with van der Waals surface area (Å²) in [7, 11) is 0. The average Bonchev–Trinajstić information content (AvgIpc) is 2.70. The van der Waals surface area contributed by atoms with Gasteiger partial charge in [-0.05, 0) is 17.7 Å². The molecule has 5 nitrogen and oxygen atoms in total. The highest BCUT2D eigenvalue weighted by molar-refractivity contribution is 5.95. The van der Waals surface area contributed by atoms with Crippen molar-refractivity contribution in [3.05, 3.63) is 47.4 Å². The van der Waals surface area contributed by atoms with E-state index < -0.39 is 17.6 Å². The van der Waals surface area contributed by atoms with Crippen LogP contribution in [0.4, 0.5) is 19.0 Å². The number of carbonyl (C=O) groups is 1. The van der Waals surface area contributed by atoms with Crippen molar-refractivity contribution in [3.63, 3.8) is 0 Å². The number of nitrogens with zero attached hydrogens (tertiary/aromatic N) is 2. The van der Waals surface area contributed by atoms with Crippen molar-refractivity contribution in [1.82, 2.24) is 9.55 Å². The Kier molecular flexibility index (Phi) is 3.39. The van der Waals surface area contributed by atoms with Crippen molar-refractivity contribution in [1.29, 1.82) is 0 Å². The zero-order valence-electron chi connectivity index (χ0n) is 10.2. The second kappa shape index (κ2) is 4.87. The Hall–Kier alpha value is -2.51. The summed E-state index contributed by atoms with van der Waals surface area (Å²) in [6.45, 7) is 0.153. The Morgan fingerprint density at radius 3 is 2.35 bits per heavy atom. The summed E-state index contributed by atoms with van der Waals surface area (Å²) in [5.41, 5.74) is 10.5. The Morgan fingerprint density at radius 2 is 1.85 bits per heavy atom. The molecule has 0 spiro atoms. The normalized spacial score (nSPS) is 11.6. The number of rotatable bonds is 3. The van der Waals surface area contributed by atoms with Crippen LogP contribution in [-0.2, 0) is 12.7 Å². The van der Waals surface area contributed by atoms with Gasteiger partial charge in [-0.1, -0.05) is 12.1 Å². The zero-order chi connectivity index (χ0) is 14.9. The van der Waals surface area contributed by atoms with Crippen LogP contribution in [0.1, 0.15) is 21.6 Å². The number of aromatic nitrogens is 2. The fourth-order valence-corrected chi connectivity index (χ4v) is 1.78. The number of hydrogen-bond donors (Lipinski definition) is 2. The van der Waals surface area contributed by atoms with Gasteiger partial charge in [-0.25, -0.2) is 4.98 Å². The van der Waals surface area contributed by atoms with Crippen molar-refractivity contribution < 1.29 is 18.0 Å². The van der Waals surface area contributed by atoms with Crippen LogP contribution in [0.2, 0.25) is 0 Å². The monoisotopic (exact) mass is 284 g/mol. The molecule has 0 saturated carbocycles. The lowest BCUT2D eigenvalue weighted by molar-refractivity contribution is -0.137. The number of nitrogen functional groups attached to an aromatic ring is 1. The minimum atomic E-state index is -4.38. The summed E-state index contributed by atoms with van der Waals surface area (Å²) in [5, 5.41) is 0. The van der Waals surface area contributed by atoms with Crippen LogP contribution in [0.25, 0.3) is 0 Å². The quantitative estimate of drug-likeness (QED) is 0.898. The van der Waals surface area contributed by atoms with Crippen molar-refractivity contribution >= 4 is 11.7 Å². The van der Waals surface area contributed by atoms with Gasteiger partial charge in [0.1, 0.15) is 0 Å². The number of benzene rings is 1. The van der Waals surface area contributed by atoms with Gasteiger partial charge in [-0.15, -0.1) is 0 Å². The fraction of sp³-hybridized carbons (Fsp3) is 0.167. The van der Waals surface area contributed by atoms with Gasteiger partial charge in [0.15, 0.2) is 11.5 Å². The number of imidazole rings is 1. The maximum atomic E-state index is 12.4. The van der Waals surface area contributed by atoms with Gasteiger partial charge in [0.2, 0.25) is 0 Å². The highest BCUT2D eigenvalue weighted by atomic mass is 19.4. The number of alkyl halides is 3. The number of hydrogen-bond acceptors (Lipinski definition) is 3. The van der Waals surface area contributed by atoms with Gasteiger partial charge in [-0.3, -0.25) is 4.79 Å². The number of halogens is 3. The standard InChI is InChI=1S/C12H11F3N4O/c13-12(14,15)8-3-1-7(2-4-8)5-19-6-18-10(16)9(19)11(17)20/h1-4,6H,5,16H2,(H2,17,20). The molecule has 0 bridgehead atoms. The number of anilines is 1. The summed E-state index contributed by atoms with van der Waals surface area (Å²) >= 11 is 0. The van der Waals surface area contributed by atoms with Gasteiger partial charge < -0.3 is 16.0 Å². The summed E-state index contributed by atoms with van der Waals surface area (Å²) < 4.78 is 38.7. The van der Waals surface area contributed by atoms with Gasteiger partial charge in [-0.2, -0.15) is 13.2 Å². The molecule has 2 rings (SSSR count). The summed E-state index contributed by atoms with van der Waals surface area (Å²) in [4.78, 5) is 15.0. The van der Waals surface area contributed by atoms with E-state index in [2.05, 4.69) is 4.98 Å². The second-order valence-corrected chi connectivity index (χ2v) is 4.17. The van der Waals surface area contributed by atoms with Crippen LogP contribution in [0.5, 0.6) is 0 Å². The molecule has 0 radical (unpaired) electrons. The molecule has 0 atom stereocenters. The molecule has 1 heterocycles. The molecule has 8 heteroatoms. The molecule has 1 aromatic carbocycles. The maximum absolute atomic E-state index is 12.4. The fourth-order valence-electron chi connectivity index (χ4n) is 1.78. The second-order valence-electron chi connectivity index (χ2n) is 4.17. The first kappa shape index (κ1) is 13.9. The molecule has 1 amide bonds. The van der Waals surface area contributed by atoms with Gasteiger partial charge in [0.05, 0.1) is 11.9 Å². The van der Waals surface area contributed by atoms with Crippen LogP contribution < -0.4 is 11.5 Å².